The first-order valence-electron chi connectivity index (χ1n) is 3.98. The van der Waals surface area contributed by atoms with Crippen molar-refractivity contribution in [3.8, 4) is 0 Å². The van der Waals surface area contributed by atoms with Gasteiger partial charge in [-0.1, -0.05) is 12.4 Å². The van der Waals surface area contributed by atoms with Crippen molar-refractivity contribution in [3.63, 3.8) is 0 Å². The molecule has 0 N–H and O–H groups in total. The summed E-state index contributed by atoms with van der Waals surface area (Å²) < 4.78 is 4.54. The van der Waals surface area contributed by atoms with Crippen molar-refractivity contribution in [2.45, 2.75) is 6.32 Å². The van der Waals surface area contributed by atoms with Crippen LogP contribution in [0.2, 0.25) is 0 Å². The Morgan fingerprint density at radius 2 is 2.29 bits per heavy atom. The van der Waals surface area contributed by atoms with Gasteiger partial charge in [-0.2, -0.15) is 0 Å². The fraction of sp³-hybridized carbons (Fsp3) is 0.222. The summed E-state index contributed by atoms with van der Waals surface area (Å²) in [5.41, 5.74) is 0.872. The molecule has 1 aromatic carbocycles. The third-order valence-electron chi connectivity index (χ3n) is 1.86. The summed E-state index contributed by atoms with van der Waals surface area (Å²) in [6.45, 7) is 0. The Morgan fingerprint density at radius 3 is 2.79 bits per heavy atom. The minimum absolute atomic E-state index is 0.0757. The minimum atomic E-state index is -0.518. The van der Waals surface area contributed by atoms with Crippen LogP contribution in [0.3, 0.4) is 0 Å². The Kier molecular flexibility index (Phi) is 3.39. The topological polar surface area (TPSA) is 55.7 Å². The van der Waals surface area contributed by atoms with E-state index in [0.29, 0.717) is 5.56 Å². The molecule has 0 heterocycles. The summed E-state index contributed by atoms with van der Waals surface area (Å²) in [5.74, 6) is -0.518. The number of esters is 1. The van der Waals surface area contributed by atoms with Gasteiger partial charge in [0.1, 0.15) is 5.69 Å². The molecule has 2 radical (unpaired) electrons. The van der Waals surface area contributed by atoms with E-state index in [2.05, 4.69) is 9.91 Å². The lowest BCUT2D eigenvalue weighted by atomic mass is 9.91. The largest absolute Gasteiger partial charge is 0.465 e. The Hall–Kier alpha value is -1.65. The van der Waals surface area contributed by atoms with Crippen molar-refractivity contribution in [2.24, 2.45) is 5.18 Å². The van der Waals surface area contributed by atoms with Crippen molar-refractivity contribution >= 4 is 19.5 Å². The number of nitroso groups, excluding NO2 is 1. The highest BCUT2D eigenvalue weighted by atomic mass is 16.5. The average Bonchev–Trinajstić information content (AvgIpc) is 2.26. The van der Waals surface area contributed by atoms with E-state index in [0.717, 1.165) is 0 Å². The Balaban J connectivity index is 3.28. The van der Waals surface area contributed by atoms with Crippen LogP contribution in [0.15, 0.2) is 23.4 Å². The molecule has 0 saturated carbocycles. The summed E-state index contributed by atoms with van der Waals surface area (Å²) in [6.07, 6.45) is 0.0757. The van der Waals surface area contributed by atoms with Gasteiger partial charge in [-0.15, -0.1) is 4.91 Å². The number of nitrogens with zero attached hydrogens (tertiary/aromatic N) is 1. The van der Waals surface area contributed by atoms with Gasteiger partial charge < -0.3 is 4.74 Å². The van der Waals surface area contributed by atoms with Crippen LogP contribution in [0.1, 0.15) is 15.9 Å². The standard InChI is InChI=1S/C9H8BNO3/c1-14-9(12)6-3-2-4-8(11-13)7(6)5-10/h2-4H,5H2,1H3. The van der Waals surface area contributed by atoms with E-state index >= 15 is 0 Å². The third kappa shape index (κ3) is 1.81. The van der Waals surface area contributed by atoms with E-state index in [-0.39, 0.29) is 17.6 Å². The molecule has 0 aliphatic rings. The van der Waals surface area contributed by atoms with Crippen LogP contribution < -0.4 is 0 Å². The highest BCUT2D eigenvalue weighted by Crippen LogP contribution is 2.23. The van der Waals surface area contributed by atoms with Crippen molar-refractivity contribution in [3.05, 3.63) is 34.2 Å². The van der Waals surface area contributed by atoms with Crippen LogP contribution in [-0.2, 0) is 11.1 Å². The highest BCUT2D eigenvalue weighted by Gasteiger charge is 2.13. The quantitative estimate of drug-likeness (QED) is 0.411. The first kappa shape index (κ1) is 10.4. The van der Waals surface area contributed by atoms with Crippen molar-refractivity contribution in [1.29, 1.82) is 0 Å². The smallest absolute Gasteiger partial charge is 0.338 e. The van der Waals surface area contributed by atoms with Gasteiger partial charge >= 0.3 is 5.97 Å². The first-order chi connectivity index (χ1) is 6.74. The maximum Gasteiger partial charge on any atom is 0.338 e. The molecule has 0 aromatic heterocycles. The van der Waals surface area contributed by atoms with E-state index < -0.39 is 5.97 Å². The van der Waals surface area contributed by atoms with Crippen LogP contribution in [0.25, 0.3) is 0 Å². The minimum Gasteiger partial charge on any atom is -0.465 e. The molecule has 14 heavy (non-hydrogen) atoms. The van der Waals surface area contributed by atoms with Crippen molar-refractivity contribution in [2.75, 3.05) is 7.11 Å². The molecular weight excluding hydrogens is 181 g/mol. The van der Waals surface area contributed by atoms with Crippen LogP contribution in [0.5, 0.6) is 0 Å². The predicted molar refractivity (Wildman–Crippen MR) is 52.7 cm³/mol. The Morgan fingerprint density at radius 1 is 1.57 bits per heavy atom. The van der Waals surface area contributed by atoms with Crippen LogP contribution in [0.4, 0.5) is 5.69 Å². The lowest BCUT2D eigenvalue weighted by Gasteiger charge is -2.06. The molecule has 70 valence electrons. The molecule has 4 nitrogen and oxygen atoms in total. The zero-order valence-corrected chi connectivity index (χ0v) is 7.69. The molecule has 0 bridgehead atoms. The van der Waals surface area contributed by atoms with Gasteiger partial charge in [0.15, 0.2) is 0 Å². The maximum absolute atomic E-state index is 11.2. The molecule has 0 atom stereocenters. The second-order valence-corrected chi connectivity index (χ2v) is 2.59. The van der Waals surface area contributed by atoms with Gasteiger partial charge in [0.25, 0.3) is 0 Å². The van der Waals surface area contributed by atoms with E-state index in [1.54, 1.807) is 12.1 Å². The summed E-state index contributed by atoms with van der Waals surface area (Å²) in [7, 11) is 6.68. The highest BCUT2D eigenvalue weighted by molar-refractivity contribution is 6.10. The molecule has 0 aliphatic carbocycles. The van der Waals surface area contributed by atoms with Crippen molar-refractivity contribution in [1.82, 2.24) is 0 Å². The molecule has 0 amide bonds. The van der Waals surface area contributed by atoms with E-state index in [9.17, 15) is 9.70 Å². The monoisotopic (exact) mass is 189 g/mol. The summed E-state index contributed by atoms with van der Waals surface area (Å²) in [4.78, 5) is 21.6. The average molecular weight is 189 g/mol. The number of methoxy groups -OCH3 is 1. The van der Waals surface area contributed by atoms with E-state index in [4.69, 9.17) is 7.85 Å². The number of benzene rings is 1. The number of hydrogen-bond acceptors (Lipinski definition) is 4. The molecule has 0 fully saturated rings. The third-order valence-corrected chi connectivity index (χ3v) is 1.86. The molecule has 1 aromatic rings. The van der Waals surface area contributed by atoms with Crippen LogP contribution in [-0.4, -0.2) is 20.9 Å². The number of carbonyl (C=O) groups excluding carboxylic acids is 1. The van der Waals surface area contributed by atoms with Crippen LogP contribution >= 0.6 is 0 Å². The molecule has 0 unspecified atom stereocenters. The lowest BCUT2D eigenvalue weighted by molar-refractivity contribution is 0.0600. The van der Waals surface area contributed by atoms with Crippen molar-refractivity contribution < 1.29 is 9.53 Å². The molecule has 1 rings (SSSR count). The second-order valence-electron chi connectivity index (χ2n) is 2.59. The Bertz CT molecular complexity index is 365. The number of ether oxygens (including phenoxy) is 1. The van der Waals surface area contributed by atoms with Gasteiger partial charge in [-0.3, -0.25) is 0 Å². The first-order valence-corrected chi connectivity index (χ1v) is 3.98. The van der Waals surface area contributed by atoms with E-state index in [1.165, 1.54) is 13.2 Å². The van der Waals surface area contributed by atoms with Gasteiger partial charge in [0.05, 0.1) is 20.5 Å². The zero-order chi connectivity index (χ0) is 10.6. The number of carbonyl (C=O) groups is 1. The van der Waals surface area contributed by atoms with Gasteiger partial charge in [-0.05, 0) is 22.9 Å². The summed E-state index contributed by atoms with van der Waals surface area (Å²) in [5, 5.41) is 2.78. The molecule has 0 aliphatic heterocycles. The fourth-order valence-electron chi connectivity index (χ4n) is 1.18. The van der Waals surface area contributed by atoms with Gasteiger partial charge in [0, 0.05) is 0 Å². The second kappa shape index (κ2) is 4.55. The summed E-state index contributed by atoms with van der Waals surface area (Å²) in [6, 6.07) is 4.60. The van der Waals surface area contributed by atoms with Gasteiger partial charge in [0.2, 0.25) is 0 Å². The lowest BCUT2D eigenvalue weighted by Crippen LogP contribution is -2.05. The zero-order valence-electron chi connectivity index (χ0n) is 7.69. The SMILES string of the molecule is [B]Cc1c(N=O)cccc1C(=O)OC. The maximum atomic E-state index is 11.2. The predicted octanol–water partition coefficient (Wildman–Crippen LogP) is 1.54. The summed E-state index contributed by atoms with van der Waals surface area (Å²) >= 11 is 0. The molecule has 0 saturated heterocycles. The Labute approximate surface area is 82.6 Å². The molecule has 5 heteroatoms. The number of rotatable bonds is 3. The van der Waals surface area contributed by atoms with E-state index in [1.807, 2.05) is 0 Å². The van der Waals surface area contributed by atoms with Crippen LogP contribution in [0, 0.1) is 4.91 Å². The fourth-order valence-corrected chi connectivity index (χ4v) is 1.18. The molecular formula is C9H8BNO3. The van der Waals surface area contributed by atoms with Gasteiger partial charge in [-0.25, -0.2) is 4.79 Å². The molecule has 0 spiro atoms. The number of hydrogen-bond donors (Lipinski definition) is 0. The normalized spacial score (nSPS) is 9.50.